The SMILES string of the molecule is O=C(O)Nc1ccc2ncn(CCCOc3cc(Cl)ccc3Cl)c(=O)c2c1. The Morgan fingerprint density at radius 1 is 1.22 bits per heavy atom. The predicted octanol–water partition coefficient (Wildman–Crippen LogP) is 4.26. The zero-order valence-corrected chi connectivity index (χ0v) is 15.5. The zero-order chi connectivity index (χ0) is 19.4. The molecule has 0 atom stereocenters. The fourth-order valence-corrected chi connectivity index (χ4v) is 2.86. The van der Waals surface area contributed by atoms with Crippen LogP contribution in [0.4, 0.5) is 10.5 Å². The highest BCUT2D eigenvalue weighted by atomic mass is 35.5. The number of ether oxygens (including phenoxy) is 1. The largest absolute Gasteiger partial charge is 0.492 e. The molecule has 0 bridgehead atoms. The topological polar surface area (TPSA) is 93.5 Å². The Morgan fingerprint density at radius 3 is 2.81 bits per heavy atom. The summed E-state index contributed by atoms with van der Waals surface area (Å²) in [6.45, 7) is 0.724. The summed E-state index contributed by atoms with van der Waals surface area (Å²) in [5.41, 5.74) is 0.551. The summed E-state index contributed by atoms with van der Waals surface area (Å²) < 4.78 is 7.06. The van der Waals surface area contributed by atoms with Crippen molar-refractivity contribution in [2.24, 2.45) is 0 Å². The molecule has 0 aliphatic heterocycles. The molecule has 9 heteroatoms. The number of hydrogen-bond acceptors (Lipinski definition) is 4. The molecule has 0 spiro atoms. The lowest BCUT2D eigenvalue weighted by Gasteiger charge is -2.10. The third-order valence-corrected chi connectivity index (χ3v) is 4.32. The number of aryl methyl sites for hydroxylation is 1. The van der Waals surface area contributed by atoms with Crippen LogP contribution < -0.4 is 15.6 Å². The van der Waals surface area contributed by atoms with E-state index in [1.54, 1.807) is 30.3 Å². The molecular formula is C18H15Cl2N3O4. The van der Waals surface area contributed by atoms with Gasteiger partial charge in [0.2, 0.25) is 0 Å². The number of nitrogens with one attached hydrogen (secondary N) is 1. The van der Waals surface area contributed by atoms with E-state index in [-0.39, 0.29) is 5.56 Å². The van der Waals surface area contributed by atoms with Gasteiger partial charge in [-0.2, -0.15) is 0 Å². The summed E-state index contributed by atoms with van der Waals surface area (Å²) in [5.74, 6) is 0.484. The molecule has 27 heavy (non-hydrogen) atoms. The number of rotatable bonds is 6. The van der Waals surface area contributed by atoms with Crippen LogP contribution in [-0.4, -0.2) is 27.4 Å². The van der Waals surface area contributed by atoms with Gasteiger partial charge < -0.3 is 9.84 Å². The van der Waals surface area contributed by atoms with Crippen molar-refractivity contribution in [2.45, 2.75) is 13.0 Å². The van der Waals surface area contributed by atoms with Crippen LogP contribution in [0.15, 0.2) is 47.5 Å². The van der Waals surface area contributed by atoms with Gasteiger partial charge >= 0.3 is 6.09 Å². The third-order valence-electron chi connectivity index (χ3n) is 3.77. The molecule has 1 aromatic heterocycles. The first kappa shape index (κ1) is 19.0. The van der Waals surface area contributed by atoms with E-state index in [2.05, 4.69) is 10.3 Å². The molecule has 1 heterocycles. The molecule has 3 aromatic rings. The average molecular weight is 408 g/mol. The van der Waals surface area contributed by atoms with Gasteiger partial charge in [-0.15, -0.1) is 0 Å². The van der Waals surface area contributed by atoms with Crippen molar-refractivity contribution in [3.8, 4) is 5.75 Å². The lowest BCUT2D eigenvalue weighted by atomic mass is 10.2. The van der Waals surface area contributed by atoms with Crippen molar-refractivity contribution in [1.82, 2.24) is 9.55 Å². The Balaban J connectivity index is 1.69. The van der Waals surface area contributed by atoms with Crippen molar-refractivity contribution in [3.05, 3.63) is 63.1 Å². The maximum absolute atomic E-state index is 12.6. The van der Waals surface area contributed by atoms with E-state index in [0.717, 1.165) is 0 Å². The highest BCUT2D eigenvalue weighted by Crippen LogP contribution is 2.27. The molecule has 0 unspecified atom stereocenters. The van der Waals surface area contributed by atoms with Crippen LogP contribution >= 0.6 is 23.2 Å². The van der Waals surface area contributed by atoms with Crippen molar-refractivity contribution in [3.63, 3.8) is 0 Å². The van der Waals surface area contributed by atoms with E-state index in [1.165, 1.54) is 17.0 Å². The summed E-state index contributed by atoms with van der Waals surface area (Å²) in [6, 6.07) is 9.57. The second-order valence-corrected chi connectivity index (χ2v) is 6.53. The quantitative estimate of drug-likeness (QED) is 0.595. The van der Waals surface area contributed by atoms with Gasteiger partial charge in [-0.05, 0) is 36.8 Å². The number of halogens is 2. The summed E-state index contributed by atoms with van der Waals surface area (Å²) in [4.78, 5) is 27.6. The molecule has 7 nitrogen and oxygen atoms in total. The minimum atomic E-state index is -1.20. The van der Waals surface area contributed by atoms with Crippen molar-refractivity contribution in [2.75, 3.05) is 11.9 Å². The van der Waals surface area contributed by atoms with E-state index in [1.807, 2.05) is 0 Å². The summed E-state index contributed by atoms with van der Waals surface area (Å²) in [5, 5.41) is 12.3. The van der Waals surface area contributed by atoms with Gasteiger partial charge in [0.05, 0.1) is 28.9 Å². The number of nitrogens with zero attached hydrogens (tertiary/aromatic N) is 2. The Kier molecular flexibility index (Phi) is 5.83. The third kappa shape index (κ3) is 4.69. The summed E-state index contributed by atoms with van der Waals surface area (Å²) in [6.07, 6.45) is 0.806. The Bertz CT molecular complexity index is 1050. The molecule has 1 amide bonds. The highest BCUT2D eigenvalue weighted by molar-refractivity contribution is 6.34. The molecule has 0 aliphatic carbocycles. The van der Waals surface area contributed by atoms with Crippen molar-refractivity contribution in [1.29, 1.82) is 0 Å². The van der Waals surface area contributed by atoms with Gasteiger partial charge in [-0.3, -0.25) is 14.7 Å². The highest BCUT2D eigenvalue weighted by Gasteiger charge is 2.07. The smallest absolute Gasteiger partial charge is 0.409 e. The molecule has 0 saturated carbocycles. The first-order chi connectivity index (χ1) is 12.9. The Hall–Kier alpha value is -2.77. The molecule has 140 valence electrons. The van der Waals surface area contributed by atoms with E-state index < -0.39 is 6.09 Å². The van der Waals surface area contributed by atoms with Crippen LogP contribution in [0.25, 0.3) is 10.9 Å². The van der Waals surface area contributed by atoms with E-state index >= 15 is 0 Å². The molecule has 0 saturated heterocycles. The van der Waals surface area contributed by atoms with Crippen LogP contribution in [0.3, 0.4) is 0 Å². The standard InChI is InChI=1S/C18H15Cl2N3O4/c19-11-2-4-14(20)16(8-11)27-7-1-6-23-10-21-15-5-3-12(22-18(25)26)9-13(15)17(23)24/h2-5,8-10,22H,1,6-7H2,(H,25,26). The van der Waals surface area contributed by atoms with Crippen LogP contribution in [0.5, 0.6) is 5.75 Å². The lowest BCUT2D eigenvalue weighted by molar-refractivity contribution is 0.210. The van der Waals surface area contributed by atoms with Gasteiger partial charge in [-0.25, -0.2) is 9.78 Å². The van der Waals surface area contributed by atoms with Crippen molar-refractivity contribution < 1.29 is 14.6 Å². The average Bonchev–Trinajstić information content (AvgIpc) is 2.63. The molecule has 0 fully saturated rings. The predicted molar refractivity (Wildman–Crippen MR) is 104 cm³/mol. The minimum Gasteiger partial charge on any atom is -0.492 e. The Labute approximate surface area is 164 Å². The first-order valence-corrected chi connectivity index (χ1v) is 8.76. The first-order valence-electron chi connectivity index (χ1n) is 8.01. The molecular weight excluding hydrogens is 393 g/mol. The molecule has 0 aliphatic rings. The number of amides is 1. The number of hydrogen-bond donors (Lipinski definition) is 2. The van der Waals surface area contributed by atoms with Crippen LogP contribution in [0, 0.1) is 0 Å². The van der Waals surface area contributed by atoms with E-state index in [0.29, 0.717) is 52.0 Å². The lowest BCUT2D eigenvalue weighted by Crippen LogP contribution is -2.22. The Morgan fingerprint density at radius 2 is 2.04 bits per heavy atom. The second kappa shape index (κ2) is 8.28. The summed E-state index contributed by atoms with van der Waals surface area (Å²) in [7, 11) is 0. The van der Waals surface area contributed by atoms with Crippen molar-refractivity contribution >= 4 is 45.9 Å². The number of carboxylic acid groups (broad SMARTS) is 1. The monoisotopic (exact) mass is 407 g/mol. The van der Waals surface area contributed by atoms with E-state index in [9.17, 15) is 9.59 Å². The van der Waals surface area contributed by atoms with Gasteiger partial charge in [0.15, 0.2) is 0 Å². The maximum atomic E-state index is 12.6. The molecule has 2 aromatic carbocycles. The number of benzene rings is 2. The normalized spacial score (nSPS) is 10.7. The van der Waals surface area contributed by atoms with Crippen LogP contribution in [-0.2, 0) is 6.54 Å². The fraction of sp³-hybridized carbons (Fsp3) is 0.167. The molecule has 0 radical (unpaired) electrons. The number of anilines is 1. The van der Waals surface area contributed by atoms with Gasteiger partial charge in [-0.1, -0.05) is 23.2 Å². The van der Waals surface area contributed by atoms with Crippen LogP contribution in [0.2, 0.25) is 10.0 Å². The summed E-state index contributed by atoms with van der Waals surface area (Å²) >= 11 is 11.9. The fourth-order valence-electron chi connectivity index (χ4n) is 2.52. The minimum absolute atomic E-state index is 0.255. The number of carbonyl (C=O) groups is 1. The zero-order valence-electron chi connectivity index (χ0n) is 14.0. The van der Waals surface area contributed by atoms with Gasteiger partial charge in [0, 0.05) is 23.3 Å². The molecule has 3 rings (SSSR count). The second-order valence-electron chi connectivity index (χ2n) is 5.68. The van der Waals surface area contributed by atoms with E-state index in [4.69, 9.17) is 33.0 Å². The van der Waals surface area contributed by atoms with Crippen LogP contribution in [0.1, 0.15) is 6.42 Å². The van der Waals surface area contributed by atoms with Gasteiger partial charge in [0.25, 0.3) is 5.56 Å². The number of aromatic nitrogens is 2. The molecule has 2 N–H and O–H groups in total. The maximum Gasteiger partial charge on any atom is 0.409 e. The van der Waals surface area contributed by atoms with Gasteiger partial charge in [0.1, 0.15) is 5.75 Å². The number of fused-ring (bicyclic) bond motifs is 1.